The Kier molecular flexibility index (Phi) is 5.60. The van der Waals surface area contributed by atoms with Crippen LogP contribution in [0, 0.1) is 0 Å². The molecule has 6 nitrogen and oxygen atoms in total. The number of anilines is 1. The highest BCUT2D eigenvalue weighted by Gasteiger charge is 2.20. The van der Waals surface area contributed by atoms with Crippen molar-refractivity contribution >= 4 is 39.9 Å². The molecule has 1 amide bonds. The molecule has 1 N–H and O–H groups in total. The molecule has 2 aromatic heterocycles. The lowest BCUT2D eigenvalue weighted by atomic mass is 10.2. The van der Waals surface area contributed by atoms with Gasteiger partial charge in [0.05, 0.1) is 11.3 Å². The summed E-state index contributed by atoms with van der Waals surface area (Å²) >= 11 is 7.16. The molecule has 132 valence electrons. The minimum absolute atomic E-state index is 0.332. The first-order chi connectivity index (χ1) is 12.5. The summed E-state index contributed by atoms with van der Waals surface area (Å²) in [7, 11) is 0. The van der Waals surface area contributed by atoms with Crippen molar-refractivity contribution in [2.45, 2.75) is 13.0 Å². The second-order valence-electron chi connectivity index (χ2n) is 5.32. The fourth-order valence-corrected chi connectivity index (χ4v) is 2.91. The molecular formula is C18H14ClN3O3S. The SMILES string of the molecule is CC(OC(=O)c1ccncc1)C(=O)Nc1nc(-c2ccc(Cl)cc2)cs1. The number of hydrogen-bond donors (Lipinski definition) is 1. The number of carbonyl (C=O) groups is 2. The van der Waals surface area contributed by atoms with Gasteiger partial charge in [-0.1, -0.05) is 23.7 Å². The van der Waals surface area contributed by atoms with Gasteiger partial charge in [0, 0.05) is 28.4 Å². The van der Waals surface area contributed by atoms with Crippen LogP contribution in [0.5, 0.6) is 0 Å². The lowest BCUT2D eigenvalue weighted by Crippen LogP contribution is -2.29. The van der Waals surface area contributed by atoms with Crippen molar-refractivity contribution in [1.82, 2.24) is 9.97 Å². The number of rotatable bonds is 5. The molecule has 0 bridgehead atoms. The van der Waals surface area contributed by atoms with Gasteiger partial charge in [-0.3, -0.25) is 15.1 Å². The molecule has 0 aliphatic carbocycles. The quantitative estimate of drug-likeness (QED) is 0.668. The maximum atomic E-state index is 12.2. The number of pyridine rings is 1. The van der Waals surface area contributed by atoms with Gasteiger partial charge in [0.25, 0.3) is 5.91 Å². The van der Waals surface area contributed by atoms with Crippen LogP contribution in [0.1, 0.15) is 17.3 Å². The lowest BCUT2D eigenvalue weighted by Gasteiger charge is -2.12. The van der Waals surface area contributed by atoms with Gasteiger partial charge in [-0.05, 0) is 31.2 Å². The van der Waals surface area contributed by atoms with Crippen LogP contribution >= 0.6 is 22.9 Å². The topological polar surface area (TPSA) is 81.2 Å². The number of thiazole rings is 1. The Balaban J connectivity index is 1.61. The normalized spacial score (nSPS) is 11.6. The zero-order valence-electron chi connectivity index (χ0n) is 13.7. The molecule has 0 aliphatic heterocycles. The number of benzene rings is 1. The number of nitrogens with zero attached hydrogens (tertiary/aromatic N) is 2. The van der Waals surface area contributed by atoms with Crippen LogP contribution in [0.3, 0.4) is 0 Å². The number of ether oxygens (including phenoxy) is 1. The van der Waals surface area contributed by atoms with Crippen LogP contribution in [-0.4, -0.2) is 27.9 Å². The van der Waals surface area contributed by atoms with E-state index in [0.717, 1.165) is 11.3 Å². The summed E-state index contributed by atoms with van der Waals surface area (Å²) in [5.74, 6) is -1.04. The summed E-state index contributed by atoms with van der Waals surface area (Å²) in [5.41, 5.74) is 1.95. The highest BCUT2D eigenvalue weighted by Crippen LogP contribution is 2.26. The zero-order chi connectivity index (χ0) is 18.5. The van der Waals surface area contributed by atoms with Crippen LogP contribution in [0.25, 0.3) is 11.3 Å². The van der Waals surface area contributed by atoms with Gasteiger partial charge >= 0.3 is 5.97 Å². The predicted molar refractivity (Wildman–Crippen MR) is 100 cm³/mol. The molecular weight excluding hydrogens is 374 g/mol. The summed E-state index contributed by atoms with van der Waals surface area (Å²) < 4.78 is 5.16. The third-order valence-corrected chi connectivity index (χ3v) is 4.45. The molecule has 0 fully saturated rings. The highest BCUT2D eigenvalue weighted by molar-refractivity contribution is 7.14. The standard InChI is InChI=1S/C18H14ClN3O3S/c1-11(25-17(24)13-6-8-20-9-7-13)16(23)22-18-21-15(10-26-18)12-2-4-14(19)5-3-12/h2-11H,1H3,(H,21,22,23). The number of esters is 1. The number of amides is 1. The Morgan fingerprint density at radius 1 is 1.15 bits per heavy atom. The van der Waals surface area contributed by atoms with Gasteiger partial charge < -0.3 is 4.74 Å². The van der Waals surface area contributed by atoms with Crippen LogP contribution in [-0.2, 0) is 9.53 Å². The van der Waals surface area contributed by atoms with Crippen molar-refractivity contribution in [3.63, 3.8) is 0 Å². The van der Waals surface area contributed by atoms with Crippen LogP contribution < -0.4 is 5.32 Å². The molecule has 1 aromatic carbocycles. The van der Waals surface area contributed by atoms with Crippen molar-refractivity contribution in [1.29, 1.82) is 0 Å². The molecule has 3 rings (SSSR count). The summed E-state index contributed by atoms with van der Waals surface area (Å²) in [5, 5.41) is 5.54. The van der Waals surface area contributed by atoms with Gasteiger partial charge in [-0.2, -0.15) is 0 Å². The third-order valence-electron chi connectivity index (χ3n) is 3.44. The van der Waals surface area contributed by atoms with Crippen molar-refractivity contribution in [2.75, 3.05) is 5.32 Å². The van der Waals surface area contributed by atoms with Crippen LogP contribution in [0.15, 0.2) is 54.2 Å². The van der Waals surface area contributed by atoms with Crippen molar-refractivity contribution < 1.29 is 14.3 Å². The van der Waals surface area contributed by atoms with Crippen molar-refractivity contribution in [2.24, 2.45) is 0 Å². The number of aromatic nitrogens is 2. The van der Waals surface area contributed by atoms with E-state index in [2.05, 4.69) is 15.3 Å². The zero-order valence-corrected chi connectivity index (χ0v) is 15.3. The Morgan fingerprint density at radius 2 is 1.85 bits per heavy atom. The van der Waals surface area contributed by atoms with Crippen molar-refractivity contribution in [3.8, 4) is 11.3 Å². The van der Waals surface area contributed by atoms with Gasteiger partial charge in [0.1, 0.15) is 0 Å². The molecule has 0 saturated heterocycles. The van der Waals surface area contributed by atoms with Gasteiger partial charge in [0.15, 0.2) is 11.2 Å². The number of carbonyl (C=O) groups excluding carboxylic acids is 2. The third kappa shape index (κ3) is 4.44. The van der Waals surface area contributed by atoms with E-state index in [9.17, 15) is 9.59 Å². The smallest absolute Gasteiger partial charge is 0.339 e. The van der Waals surface area contributed by atoms with E-state index < -0.39 is 18.0 Å². The average molecular weight is 388 g/mol. The Hall–Kier alpha value is -2.77. The Bertz CT molecular complexity index is 913. The van der Waals surface area contributed by atoms with E-state index >= 15 is 0 Å². The fourth-order valence-electron chi connectivity index (χ4n) is 2.06. The average Bonchev–Trinajstić information content (AvgIpc) is 3.11. The van der Waals surface area contributed by atoms with E-state index in [1.165, 1.54) is 42.8 Å². The van der Waals surface area contributed by atoms with Crippen molar-refractivity contribution in [3.05, 3.63) is 64.8 Å². The Labute approximate surface area is 158 Å². The lowest BCUT2D eigenvalue weighted by molar-refractivity contribution is -0.123. The molecule has 3 aromatic rings. The maximum absolute atomic E-state index is 12.2. The molecule has 0 saturated carbocycles. The van der Waals surface area contributed by atoms with E-state index in [1.54, 1.807) is 12.1 Å². The predicted octanol–water partition coefficient (Wildman–Crippen LogP) is 4.04. The molecule has 1 atom stereocenters. The van der Waals surface area contributed by atoms with E-state index in [0.29, 0.717) is 15.7 Å². The summed E-state index contributed by atoms with van der Waals surface area (Å²) in [6.07, 6.45) is 2.00. The highest BCUT2D eigenvalue weighted by atomic mass is 35.5. The number of halogens is 1. The summed E-state index contributed by atoms with van der Waals surface area (Å²) in [4.78, 5) is 32.4. The molecule has 1 unspecified atom stereocenters. The van der Waals surface area contributed by atoms with Crippen LogP contribution in [0.2, 0.25) is 5.02 Å². The van der Waals surface area contributed by atoms with Gasteiger partial charge in [-0.25, -0.2) is 9.78 Å². The monoisotopic (exact) mass is 387 g/mol. The minimum atomic E-state index is -0.960. The molecule has 0 radical (unpaired) electrons. The Morgan fingerprint density at radius 3 is 2.54 bits per heavy atom. The fraction of sp³-hybridized carbons (Fsp3) is 0.111. The second-order valence-corrected chi connectivity index (χ2v) is 6.61. The van der Waals surface area contributed by atoms with E-state index in [4.69, 9.17) is 16.3 Å². The van der Waals surface area contributed by atoms with E-state index in [1.807, 2.05) is 17.5 Å². The van der Waals surface area contributed by atoms with Crippen LogP contribution in [0.4, 0.5) is 5.13 Å². The van der Waals surface area contributed by atoms with Gasteiger partial charge in [0.2, 0.25) is 0 Å². The second kappa shape index (κ2) is 8.07. The van der Waals surface area contributed by atoms with E-state index in [-0.39, 0.29) is 0 Å². The number of hydrogen-bond acceptors (Lipinski definition) is 6. The number of nitrogens with one attached hydrogen (secondary N) is 1. The first kappa shape index (κ1) is 18.0. The molecule has 0 spiro atoms. The molecule has 26 heavy (non-hydrogen) atoms. The first-order valence-corrected chi connectivity index (χ1v) is 8.92. The summed E-state index contributed by atoms with van der Waals surface area (Å²) in [6, 6.07) is 10.3. The molecule has 2 heterocycles. The maximum Gasteiger partial charge on any atom is 0.339 e. The minimum Gasteiger partial charge on any atom is -0.449 e. The van der Waals surface area contributed by atoms with Gasteiger partial charge in [-0.15, -0.1) is 11.3 Å². The molecule has 8 heteroatoms. The molecule has 0 aliphatic rings. The summed E-state index contributed by atoms with van der Waals surface area (Å²) in [6.45, 7) is 1.50. The largest absolute Gasteiger partial charge is 0.449 e. The first-order valence-electron chi connectivity index (χ1n) is 7.66.